The zero-order valence-corrected chi connectivity index (χ0v) is 16.9. The van der Waals surface area contributed by atoms with Crippen LogP contribution in [-0.4, -0.2) is 41.2 Å². The van der Waals surface area contributed by atoms with Crippen LogP contribution in [0.4, 0.5) is 0 Å². The number of likely N-dealkylation sites (tertiary alicyclic amines) is 1. The lowest BCUT2D eigenvalue weighted by atomic mass is 10.1. The van der Waals surface area contributed by atoms with Crippen molar-refractivity contribution in [2.24, 2.45) is 5.10 Å². The Morgan fingerprint density at radius 1 is 1.23 bits per heavy atom. The fraction of sp³-hybridized carbons (Fsp3) is 0.400. The van der Waals surface area contributed by atoms with Gasteiger partial charge in [0.1, 0.15) is 0 Å². The van der Waals surface area contributed by atoms with Crippen molar-refractivity contribution in [2.75, 3.05) is 19.6 Å². The third-order valence-electron chi connectivity index (χ3n) is 4.77. The molecule has 1 aromatic carbocycles. The highest BCUT2D eigenvalue weighted by Crippen LogP contribution is 2.26. The van der Waals surface area contributed by atoms with Crippen LogP contribution in [0.5, 0.6) is 0 Å². The molecule has 0 unspecified atom stereocenters. The standard InChI is InChI=1S/C20H25BrN4O/c1-15-12-17(16(2)25(15)19-9-5-4-8-18(19)21)13-22-23-20(26)14-24-10-6-3-7-11-24/h4-5,8-9,12-13H,3,6-7,10-11,14H2,1-2H3,(H,23,26)/b22-13-. The van der Waals surface area contributed by atoms with E-state index in [0.717, 1.165) is 40.2 Å². The van der Waals surface area contributed by atoms with Gasteiger partial charge in [-0.05, 0) is 73.9 Å². The number of aromatic nitrogens is 1. The van der Waals surface area contributed by atoms with Crippen LogP contribution in [0.3, 0.4) is 0 Å². The maximum absolute atomic E-state index is 12.0. The molecule has 6 heteroatoms. The van der Waals surface area contributed by atoms with Gasteiger partial charge < -0.3 is 4.57 Å². The van der Waals surface area contributed by atoms with E-state index in [1.807, 2.05) is 18.2 Å². The Balaban J connectivity index is 1.67. The first-order valence-corrected chi connectivity index (χ1v) is 9.83. The number of para-hydroxylation sites is 1. The summed E-state index contributed by atoms with van der Waals surface area (Å²) in [6, 6.07) is 10.2. The minimum absolute atomic E-state index is 0.0530. The molecule has 1 amide bonds. The van der Waals surface area contributed by atoms with Gasteiger partial charge in [-0.25, -0.2) is 5.43 Å². The first-order chi connectivity index (χ1) is 12.6. The summed E-state index contributed by atoms with van der Waals surface area (Å²) in [5, 5.41) is 4.16. The summed E-state index contributed by atoms with van der Waals surface area (Å²) in [5.41, 5.74) is 6.95. The summed E-state index contributed by atoms with van der Waals surface area (Å²) in [6.07, 6.45) is 5.35. The normalized spacial score (nSPS) is 15.5. The van der Waals surface area contributed by atoms with Gasteiger partial charge in [0.15, 0.2) is 0 Å². The Morgan fingerprint density at radius 3 is 2.69 bits per heavy atom. The molecule has 0 spiro atoms. The highest BCUT2D eigenvalue weighted by Gasteiger charge is 2.14. The zero-order valence-electron chi connectivity index (χ0n) is 15.3. The van der Waals surface area contributed by atoms with Crippen LogP contribution in [-0.2, 0) is 4.79 Å². The molecular weight excluding hydrogens is 392 g/mol. The quantitative estimate of drug-likeness (QED) is 0.595. The fourth-order valence-electron chi connectivity index (χ4n) is 3.45. The summed E-state index contributed by atoms with van der Waals surface area (Å²) < 4.78 is 3.22. The van der Waals surface area contributed by atoms with E-state index in [1.165, 1.54) is 19.3 Å². The second-order valence-corrected chi connectivity index (χ2v) is 7.60. The van der Waals surface area contributed by atoms with Gasteiger partial charge in [-0.15, -0.1) is 0 Å². The van der Waals surface area contributed by atoms with E-state index in [1.54, 1.807) is 6.21 Å². The number of hydrazone groups is 1. The first-order valence-electron chi connectivity index (χ1n) is 9.04. The van der Waals surface area contributed by atoms with Crippen LogP contribution in [0.1, 0.15) is 36.2 Å². The molecule has 0 saturated carbocycles. The molecule has 1 aliphatic heterocycles. The number of piperidine rings is 1. The number of nitrogens with one attached hydrogen (secondary N) is 1. The van der Waals surface area contributed by atoms with Crippen molar-refractivity contribution >= 4 is 28.1 Å². The van der Waals surface area contributed by atoms with Crippen LogP contribution in [0, 0.1) is 13.8 Å². The molecule has 0 aliphatic carbocycles. The third-order valence-corrected chi connectivity index (χ3v) is 5.44. The van der Waals surface area contributed by atoms with Gasteiger partial charge in [0, 0.05) is 21.4 Å². The lowest BCUT2D eigenvalue weighted by molar-refractivity contribution is -0.122. The first kappa shape index (κ1) is 18.9. The molecule has 5 nitrogen and oxygen atoms in total. The van der Waals surface area contributed by atoms with E-state index in [2.05, 4.69) is 61.9 Å². The molecule has 1 aromatic heterocycles. The van der Waals surface area contributed by atoms with Crippen LogP contribution in [0.15, 0.2) is 39.9 Å². The van der Waals surface area contributed by atoms with Crippen LogP contribution in [0.25, 0.3) is 5.69 Å². The summed E-state index contributed by atoms with van der Waals surface area (Å²) in [4.78, 5) is 14.2. The number of hydrogen-bond acceptors (Lipinski definition) is 3. The van der Waals surface area contributed by atoms with E-state index in [0.29, 0.717) is 6.54 Å². The van der Waals surface area contributed by atoms with E-state index in [4.69, 9.17) is 0 Å². The predicted molar refractivity (Wildman–Crippen MR) is 109 cm³/mol. The Kier molecular flexibility index (Phi) is 6.27. The van der Waals surface area contributed by atoms with Gasteiger partial charge in [-0.1, -0.05) is 18.6 Å². The number of aryl methyl sites for hydroxylation is 1. The lowest BCUT2D eigenvalue weighted by Crippen LogP contribution is -2.38. The maximum Gasteiger partial charge on any atom is 0.254 e. The van der Waals surface area contributed by atoms with Crippen LogP contribution < -0.4 is 5.43 Å². The molecule has 1 aliphatic rings. The van der Waals surface area contributed by atoms with Crippen molar-refractivity contribution in [1.82, 2.24) is 14.9 Å². The van der Waals surface area contributed by atoms with E-state index < -0.39 is 0 Å². The van der Waals surface area contributed by atoms with Crippen molar-refractivity contribution < 1.29 is 4.79 Å². The molecule has 2 heterocycles. The molecule has 2 aromatic rings. The van der Waals surface area contributed by atoms with Gasteiger partial charge >= 0.3 is 0 Å². The number of carbonyl (C=O) groups is 1. The second-order valence-electron chi connectivity index (χ2n) is 6.74. The zero-order chi connectivity index (χ0) is 18.5. The molecule has 0 atom stereocenters. The predicted octanol–water partition coefficient (Wildman–Crippen LogP) is 3.79. The molecule has 0 bridgehead atoms. The van der Waals surface area contributed by atoms with Gasteiger partial charge in [0.05, 0.1) is 18.4 Å². The number of rotatable bonds is 5. The summed E-state index contributed by atoms with van der Waals surface area (Å²) in [7, 11) is 0. The molecule has 3 rings (SSSR count). The number of benzene rings is 1. The molecule has 1 saturated heterocycles. The van der Waals surface area contributed by atoms with Crippen LogP contribution >= 0.6 is 15.9 Å². The number of amides is 1. The third kappa shape index (κ3) is 4.43. The summed E-state index contributed by atoms with van der Waals surface area (Å²) >= 11 is 3.61. The van der Waals surface area contributed by atoms with Gasteiger partial charge in [0.25, 0.3) is 5.91 Å². The van der Waals surface area contributed by atoms with Gasteiger partial charge in [-0.3, -0.25) is 9.69 Å². The molecule has 138 valence electrons. The highest BCUT2D eigenvalue weighted by atomic mass is 79.9. The average molecular weight is 417 g/mol. The van der Waals surface area contributed by atoms with Crippen LogP contribution in [0.2, 0.25) is 0 Å². The summed E-state index contributed by atoms with van der Waals surface area (Å²) in [6.45, 7) is 6.56. The second kappa shape index (κ2) is 8.64. The molecule has 1 fully saturated rings. The Bertz CT molecular complexity index is 806. The Hall–Kier alpha value is -1.92. The highest BCUT2D eigenvalue weighted by molar-refractivity contribution is 9.10. The molecule has 26 heavy (non-hydrogen) atoms. The van der Waals surface area contributed by atoms with Crippen molar-refractivity contribution in [2.45, 2.75) is 33.1 Å². The van der Waals surface area contributed by atoms with Crippen molar-refractivity contribution in [3.63, 3.8) is 0 Å². The molecular formula is C20H25BrN4O. The Morgan fingerprint density at radius 2 is 1.96 bits per heavy atom. The lowest BCUT2D eigenvalue weighted by Gasteiger charge is -2.25. The fourth-order valence-corrected chi connectivity index (χ4v) is 3.91. The number of hydrogen-bond donors (Lipinski definition) is 1. The minimum Gasteiger partial charge on any atom is -0.317 e. The van der Waals surface area contributed by atoms with Crippen molar-refractivity contribution in [1.29, 1.82) is 0 Å². The van der Waals surface area contributed by atoms with Crippen molar-refractivity contribution in [3.05, 3.63) is 51.8 Å². The summed E-state index contributed by atoms with van der Waals surface area (Å²) in [5.74, 6) is -0.0530. The number of nitrogens with zero attached hydrogens (tertiary/aromatic N) is 3. The minimum atomic E-state index is -0.0530. The Labute approximate surface area is 163 Å². The SMILES string of the molecule is Cc1cc(/C=N\NC(=O)CN2CCCCC2)c(C)n1-c1ccccc1Br. The van der Waals surface area contributed by atoms with E-state index in [-0.39, 0.29) is 5.91 Å². The topological polar surface area (TPSA) is 49.6 Å². The maximum atomic E-state index is 12.0. The van der Waals surface area contributed by atoms with E-state index in [9.17, 15) is 4.79 Å². The monoisotopic (exact) mass is 416 g/mol. The van der Waals surface area contributed by atoms with Crippen molar-refractivity contribution in [3.8, 4) is 5.69 Å². The number of carbonyl (C=O) groups excluding carboxylic acids is 1. The molecule has 0 radical (unpaired) electrons. The largest absolute Gasteiger partial charge is 0.317 e. The van der Waals surface area contributed by atoms with Gasteiger partial charge in [-0.2, -0.15) is 5.10 Å². The number of halogens is 1. The van der Waals surface area contributed by atoms with E-state index >= 15 is 0 Å². The average Bonchev–Trinajstić information content (AvgIpc) is 2.90. The van der Waals surface area contributed by atoms with Gasteiger partial charge in [0.2, 0.25) is 0 Å². The smallest absolute Gasteiger partial charge is 0.254 e. The molecule has 1 N–H and O–H groups in total.